The molecule has 5 nitrogen and oxygen atoms in total. The van der Waals surface area contributed by atoms with Crippen molar-refractivity contribution in [1.82, 2.24) is 0 Å². The highest BCUT2D eigenvalue weighted by Crippen LogP contribution is 2.33. The molecule has 0 saturated heterocycles. The second-order valence-electron chi connectivity index (χ2n) is 6.86. The Bertz CT molecular complexity index is 471. The highest BCUT2D eigenvalue weighted by atomic mass is 28.4. The normalized spacial score (nSPS) is 19.0. The Labute approximate surface area is 141 Å². The van der Waals surface area contributed by atoms with Crippen molar-refractivity contribution in [2.45, 2.75) is 50.6 Å². The Morgan fingerprint density at radius 1 is 1.43 bits per heavy atom. The third kappa shape index (κ3) is 7.28. The molecule has 0 bridgehead atoms. The van der Waals surface area contributed by atoms with Gasteiger partial charge in [0, 0.05) is 12.2 Å². The summed E-state index contributed by atoms with van der Waals surface area (Å²) in [7, 11) is -3.82. The van der Waals surface area contributed by atoms with Crippen molar-refractivity contribution in [3.05, 3.63) is 24.8 Å². The molecule has 1 aliphatic rings. The van der Waals surface area contributed by atoms with Gasteiger partial charge in [-0.25, -0.2) is 9.59 Å². The number of allylic oxidation sites excluding steroid dienone is 1. The molecule has 1 rings (SSSR count). The average molecular weight is 357 g/mol. The maximum Gasteiger partial charge on any atom is 0.330 e. The van der Waals surface area contributed by atoms with E-state index in [0.29, 0.717) is 13.2 Å². The van der Waals surface area contributed by atoms with Crippen molar-refractivity contribution in [2.75, 3.05) is 13.2 Å². The highest BCUT2D eigenvalue weighted by molar-refractivity contribution is 6.85. The summed E-state index contributed by atoms with van der Waals surface area (Å²) >= 11 is 0. The Kier molecular flexibility index (Phi) is 7.43. The lowest BCUT2D eigenvalue weighted by atomic mass is 10.3. The van der Waals surface area contributed by atoms with Gasteiger partial charge in [0.15, 0.2) is 16.6 Å². The van der Waals surface area contributed by atoms with Gasteiger partial charge in [-0.15, -0.1) is 0 Å². The zero-order valence-corrected chi connectivity index (χ0v) is 16.6. The Hall–Kier alpha value is -1.19. The Balaban J connectivity index is 2.53. The fraction of sp³-hybridized carbons (Fsp3) is 0.625. The van der Waals surface area contributed by atoms with Crippen LogP contribution in [0.5, 0.6) is 0 Å². The third-order valence-corrected chi connectivity index (χ3v) is 12.0. The fourth-order valence-electron chi connectivity index (χ4n) is 2.77. The summed E-state index contributed by atoms with van der Waals surface area (Å²) in [5.41, 5.74) is 0.277. The third-order valence-electron chi connectivity index (χ3n) is 3.90. The van der Waals surface area contributed by atoms with Gasteiger partial charge in [-0.05, 0) is 50.6 Å². The van der Waals surface area contributed by atoms with Crippen molar-refractivity contribution in [3.63, 3.8) is 0 Å². The summed E-state index contributed by atoms with van der Waals surface area (Å²) in [6, 6.07) is 0.930. The van der Waals surface area contributed by atoms with Crippen LogP contribution >= 0.6 is 0 Å². The molecule has 0 aromatic carbocycles. The van der Waals surface area contributed by atoms with Crippen LogP contribution in [-0.2, 0) is 23.2 Å². The SMILES string of the molecule is C=CC(=O)OCCC[Si](C)(C)O[Si](C)(C)C1C=CC(=O)OCC1. The van der Waals surface area contributed by atoms with E-state index in [4.69, 9.17) is 13.6 Å². The van der Waals surface area contributed by atoms with Crippen LogP contribution in [0, 0.1) is 0 Å². The maximum atomic E-state index is 11.3. The van der Waals surface area contributed by atoms with Crippen molar-refractivity contribution in [3.8, 4) is 0 Å². The van der Waals surface area contributed by atoms with Gasteiger partial charge < -0.3 is 13.6 Å². The Morgan fingerprint density at radius 3 is 2.78 bits per heavy atom. The van der Waals surface area contributed by atoms with Crippen LogP contribution < -0.4 is 0 Å². The molecule has 1 atom stereocenters. The zero-order chi connectivity index (χ0) is 17.5. The van der Waals surface area contributed by atoms with Gasteiger partial charge in [0.25, 0.3) is 0 Å². The summed E-state index contributed by atoms with van der Waals surface area (Å²) in [5.74, 6) is -0.647. The summed E-state index contributed by atoms with van der Waals surface area (Å²) in [6.07, 6.45) is 6.28. The van der Waals surface area contributed by atoms with Crippen molar-refractivity contribution < 1.29 is 23.2 Å². The lowest BCUT2D eigenvalue weighted by molar-refractivity contribution is -0.138. The minimum Gasteiger partial charge on any atom is -0.463 e. The molecule has 1 aliphatic heterocycles. The monoisotopic (exact) mass is 356 g/mol. The fourth-order valence-corrected chi connectivity index (χ4v) is 11.9. The molecule has 0 spiro atoms. The molecule has 0 radical (unpaired) electrons. The minimum atomic E-state index is -1.97. The number of hydrogen-bond donors (Lipinski definition) is 0. The molecule has 0 fully saturated rings. The molecule has 0 amide bonds. The van der Waals surface area contributed by atoms with Gasteiger partial charge in [0.2, 0.25) is 0 Å². The first-order valence-electron chi connectivity index (χ1n) is 8.00. The van der Waals surface area contributed by atoms with Crippen LogP contribution in [0.2, 0.25) is 37.8 Å². The van der Waals surface area contributed by atoms with E-state index in [1.807, 2.05) is 6.08 Å². The van der Waals surface area contributed by atoms with E-state index in [9.17, 15) is 9.59 Å². The number of cyclic esters (lactones) is 1. The first kappa shape index (κ1) is 19.9. The molecule has 1 heterocycles. The van der Waals surface area contributed by atoms with Gasteiger partial charge in [-0.2, -0.15) is 0 Å². The summed E-state index contributed by atoms with van der Waals surface area (Å²) in [5, 5.41) is 0. The number of carbonyl (C=O) groups excluding carboxylic acids is 2. The van der Waals surface area contributed by atoms with Gasteiger partial charge in [0.05, 0.1) is 13.2 Å². The van der Waals surface area contributed by atoms with Crippen molar-refractivity contribution in [2.24, 2.45) is 0 Å². The predicted molar refractivity (Wildman–Crippen MR) is 95.1 cm³/mol. The van der Waals surface area contributed by atoms with Crippen LogP contribution in [0.25, 0.3) is 0 Å². The average Bonchev–Trinajstić information content (AvgIpc) is 2.67. The zero-order valence-electron chi connectivity index (χ0n) is 14.6. The molecule has 23 heavy (non-hydrogen) atoms. The molecular weight excluding hydrogens is 328 g/mol. The molecule has 1 unspecified atom stereocenters. The van der Waals surface area contributed by atoms with Gasteiger partial charge in [-0.3, -0.25) is 0 Å². The van der Waals surface area contributed by atoms with Crippen LogP contribution in [0.1, 0.15) is 12.8 Å². The predicted octanol–water partition coefficient (Wildman–Crippen LogP) is 3.41. The number of ether oxygens (including phenoxy) is 2. The number of rotatable bonds is 8. The van der Waals surface area contributed by atoms with E-state index >= 15 is 0 Å². The largest absolute Gasteiger partial charge is 0.463 e. The van der Waals surface area contributed by atoms with Gasteiger partial charge in [0.1, 0.15) is 0 Å². The van der Waals surface area contributed by atoms with E-state index in [2.05, 4.69) is 32.8 Å². The van der Waals surface area contributed by atoms with E-state index < -0.39 is 16.6 Å². The second kappa shape index (κ2) is 8.61. The van der Waals surface area contributed by atoms with Crippen molar-refractivity contribution in [1.29, 1.82) is 0 Å². The summed E-state index contributed by atoms with van der Waals surface area (Å²) in [4.78, 5) is 22.4. The van der Waals surface area contributed by atoms with Crippen LogP contribution in [0.3, 0.4) is 0 Å². The summed E-state index contributed by atoms with van der Waals surface area (Å²) < 4.78 is 16.7. The lowest BCUT2D eigenvalue weighted by Gasteiger charge is -2.38. The quantitative estimate of drug-likeness (QED) is 0.289. The molecule has 0 saturated carbocycles. The van der Waals surface area contributed by atoms with E-state index in [1.165, 1.54) is 12.2 Å². The lowest BCUT2D eigenvalue weighted by Crippen LogP contribution is -2.47. The molecule has 7 heteroatoms. The van der Waals surface area contributed by atoms with E-state index in [0.717, 1.165) is 18.9 Å². The molecule has 0 N–H and O–H groups in total. The van der Waals surface area contributed by atoms with Crippen LogP contribution in [0.4, 0.5) is 0 Å². The smallest absolute Gasteiger partial charge is 0.330 e. The van der Waals surface area contributed by atoms with Gasteiger partial charge >= 0.3 is 11.9 Å². The first-order chi connectivity index (χ1) is 10.7. The second-order valence-corrected chi connectivity index (χ2v) is 15.6. The number of hydrogen-bond acceptors (Lipinski definition) is 5. The summed E-state index contributed by atoms with van der Waals surface area (Å²) in [6.45, 7) is 13.0. The minimum absolute atomic E-state index is 0.266. The first-order valence-corrected chi connectivity index (χ1v) is 14.1. The molecule has 130 valence electrons. The molecular formula is C16H28O5Si2. The van der Waals surface area contributed by atoms with Crippen LogP contribution in [-0.4, -0.2) is 41.8 Å². The number of esters is 2. The number of carbonyl (C=O) groups is 2. The molecule has 0 aliphatic carbocycles. The highest BCUT2D eigenvalue weighted by Gasteiger charge is 2.38. The van der Waals surface area contributed by atoms with Gasteiger partial charge in [-0.1, -0.05) is 12.7 Å². The molecule has 0 aromatic rings. The Morgan fingerprint density at radius 2 is 2.13 bits per heavy atom. The van der Waals surface area contributed by atoms with E-state index in [-0.39, 0.29) is 17.5 Å². The standard InChI is InChI=1S/C16H28O5Si2/c1-6-15(17)19-11-7-13-22(2,3)21-23(4,5)14-8-9-16(18)20-12-10-14/h6,8-9,14H,1,7,10-13H2,2-5H3. The maximum absolute atomic E-state index is 11.3. The van der Waals surface area contributed by atoms with E-state index in [1.54, 1.807) is 0 Å². The van der Waals surface area contributed by atoms with Crippen LogP contribution in [0.15, 0.2) is 24.8 Å². The molecule has 0 aromatic heterocycles. The van der Waals surface area contributed by atoms with Crippen molar-refractivity contribution >= 4 is 28.6 Å². The topological polar surface area (TPSA) is 61.8 Å².